The van der Waals surface area contributed by atoms with E-state index in [0.717, 1.165) is 37.9 Å². The van der Waals surface area contributed by atoms with Crippen LogP contribution in [0.2, 0.25) is 0 Å². The summed E-state index contributed by atoms with van der Waals surface area (Å²) >= 11 is 0. The SMILES string of the molecule is CNC(=O)[C@@]1(c2ccccc2)C[C@H]1CN1CC[C@@]2(C)c3cc(O)ccc3CC1[C@@H]2C. The Kier molecular flexibility index (Phi) is 4.48. The fourth-order valence-electron chi connectivity index (χ4n) is 6.48. The first kappa shape index (κ1) is 19.6. The number of benzene rings is 2. The number of nitrogens with one attached hydrogen (secondary N) is 1. The highest BCUT2D eigenvalue weighted by Crippen LogP contribution is 2.56. The molecule has 5 atom stereocenters. The van der Waals surface area contributed by atoms with Crippen molar-refractivity contribution in [2.24, 2.45) is 11.8 Å². The molecule has 1 unspecified atom stereocenters. The van der Waals surface area contributed by atoms with E-state index in [0.29, 0.717) is 23.6 Å². The van der Waals surface area contributed by atoms with E-state index in [1.54, 1.807) is 7.05 Å². The second kappa shape index (κ2) is 6.84. The van der Waals surface area contributed by atoms with Crippen LogP contribution in [0, 0.1) is 11.8 Å². The lowest BCUT2D eigenvalue weighted by molar-refractivity contribution is -0.123. The molecule has 1 heterocycles. The summed E-state index contributed by atoms with van der Waals surface area (Å²) in [6.07, 6.45) is 3.04. The van der Waals surface area contributed by atoms with Crippen molar-refractivity contribution in [2.75, 3.05) is 20.1 Å². The van der Waals surface area contributed by atoms with Crippen LogP contribution < -0.4 is 5.32 Å². The average molecular weight is 405 g/mol. The highest BCUT2D eigenvalue weighted by molar-refractivity contribution is 5.91. The number of carbonyl (C=O) groups excluding carboxylic acids is 1. The molecule has 4 nitrogen and oxygen atoms in total. The smallest absolute Gasteiger partial charge is 0.230 e. The Hall–Kier alpha value is -2.33. The molecule has 0 spiro atoms. The van der Waals surface area contributed by atoms with Crippen LogP contribution >= 0.6 is 0 Å². The monoisotopic (exact) mass is 404 g/mol. The predicted molar refractivity (Wildman–Crippen MR) is 119 cm³/mol. The van der Waals surface area contributed by atoms with Crippen molar-refractivity contribution in [3.05, 3.63) is 65.2 Å². The van der Waals surface area contributed by atoms with Crippen molar-refractivity contribution in [3.63, 3.8) is 0 Å². The summed E-state index contributed by atoms with van der Waals surface area (Å²) in [6.45, 7) is 6.77. The van der Waals surface area contributed by atoms with Gasteiger partial charge in [-0.25, -0.2) is 0 Å². The molecule has 4 heteroatoms. The van der Waals surface area contributed by atoms with E-state index in [2.05, 4.69) is 42.3 Å². The molecule has 2 fully saturated rings. The van der Waals surface area contributed by atoms with Crippen molar-refractivity contribution in [1.82, 2.24) is 10.2 Å². The number of phenols is 1. The van der Waals surface area contributed by atoms with Crippen molar-refractivity contribution >= 4 is 5.91 Å². The molecule has 1 amide bonds. The van der Waals surface area contributed by atoms with Gasteiger partial charge in [0.2, 0.25) is 5.91 Å². The van der Waals surface area contributed by atoms with Crippen LogP contribution in [0.1, 0.15) is 43.4 Å². The van der Waals surface area contributed by atoms with E-state index in [1.165, 1.54) is 11.1 Å². The molecular weight excluding hydrogens is 372 g/mol. The lowest BCUT2D eigenvalue weighted by atomic mass is 9.59. The van der Waals surface area contributed by atoms with E-state index in [-0.39, 0.29) is 16.7 Å². The van der Waals surface area contributed by atoms with Gasteiger partial charge in [-0.3, -0.25) is 9.69 Å². The zero-order valence-electron chi connectivity index (χ0n) is 18.2. The second-order valence-electron chi connectivity index (χ2n) is 9.88. The van der Waals surface area contributed by atoms with Gasteiger partial charge in [0.05, 0.1) is 5.41 Å². The number of carbonyl (C=O) groups is 1. The molecule has 0 aromatic heterocycles. The average Bonchev–Trinajstić information content (AvgIpc) is 3.48. The summed E-state index contributed by atoms with van der Waals surface area (Å²) in [7, 11) is 1.75. The van der Waals surface area contributed by atoms with Crippen molar-refractivity contribution < 1.29 is 9.90 Å². The maximum atomic E-state index is 12.9. The normalized spacial score (nSPS) is 34.8. The molecule has 1 saturated heterocycles. The van der Waals surface area contributed by atoms with Crippen LogP contribution in [0.3, 0.4) is 0 Å². The van der Waals surface area contributed by atoms with Crippen molar-refractivity contribution in [3.8, 4) is 5.75 Å². The Labute approximate surface area is 179 Å². The van der Waals surface area contributed by atoms with Crippen molar-refractivity contribution in [1.29, 1.82) is 0 Å². The number of likely N-dealkylation sites (N-methyl/N-ethyl adjacent to an activating group) is 1. The van der Waals surface area contributed by atoms with Gasteiger partial charge in [0.25, 0.3) is 0 Å². The summed E-state index contributed by atoms with van der Waals surface area (Å²) in [5.41, 5.74) is 3.58. The standard InChI is InChI=1S/C26H32N2O2/c1-17-23-13-18-9-10-21(29)14-22(18)25(17,2)11-12-28(23)16-20-15-26(20,24(30)27-3)19-7-5-4-6-8-19/h4-10,14,17,20,23,29H,11-13,15-16H2,1-3H3,(H,27,30)/t17-,20-,23?,25+,26+/m0/s1. The first-order valence-electron chi connectivity index (χ1n) is 11.2. The van der Waals surface area contributed by atoms with E-state index in [4.69, 9.17) is 0 Å². The van der Waals surface area contributed by atoms with Gasteiger partial charge in [-0.15, -0.1) is 0 Å². The molecule has 30 heavy (non-hydrogen) atoms. The minimum atomic E-state index is -0.377. The number of piperidine rings is 1. The van der Waals surface area contributed by atoms with E-state index >= 15 is 0 Å². The quantitative estimate of drug-likeness (QED) is 0.818. The Morgan fingerprint density at radius 1 is 1.23 bits per heavy atom. The number of fused-ring (bicyclic) bond motifs is 4. The minimum Gasteiger partial charge on any atom is -0.508 e. The number of nitrogens with zero attached hydrogens (tertiary/aromatic N) is 1. The molecule has 1 aliphatic heterocycles. The van der Waals surface area contributed by atoms with Crippen LogP contribution in [-0.2, 0) is 22.0 Å². The Morgan fingerprint density at radius 2 is 2.00 bits per heavy atom. The largest absolute Gasteiger partial charge is 0.508 e. The summed E-state index contributed by atoms with van der Waals surface area (Å²) in [4.78, 5) is 15.6. The summed E-state index contributed by atoms with van der Waals surface area (Å²) in [5.74, 6) is 1.40. The summed E-state index contributed by atoms with van der Waals surface area (Å²) in [6, 6.07) is 16.7. The molecule has 5 rings (SSSR count). The van der Waals surface area contributed by atoms with Crippen LogP contribution in [0.25, 0.3) is 0 Å². The number of amides is 1. The fourth-order valence-corrected chi connectivity index (χ4v) is 6.48. The summed E-state index contributed by atoms with van der Waals surface area (Å²) < 4.78 is 0. The third-order valence-corrected chi connectivity index (χ3v) is 8.59. The summed E-state index contributed by atoms with van der Waals surface area (Å²) in [5, 5.41) is 13.0. The predicted octanol–water partition coefficient (Wildman–Crippen LogP) is 3.62. The van der Waals surface area contributed by atoms with Crippen LogP contribution in [0.5, 0.6) is 5.75 Å². The van der Waals surface area contributed by atoms with Gasteiger partial charge in [-0.2, -0.15) is 0 Å². The molecule has 2 aromatic carbocycles. The highest BCUT2D eigenvalue weighted by Gasteiger charge is 2.61. The Balaban J connectivity index is 1.41. The molecule has 158 valence electrons. The molecule has 2 N–H and O–H groups in total. The minimum absolute atomic E-state index is 0.106. The van der Waals surface area contributed by atoms with Crippen LogP contribution in [0.4, 0.5) is 0 Å². The molecule has 0 radical (unpaired) electrons. The number of hydrogen-bond acceptors (Lipinski definition) is 3. The molecule has 2 bridgehead atoms. The molecule has 2 aromatic rings. The van der Waals surface area contributed by atoms with Gasteiger partial charge in [0.15, 0.2) is 0 Å². The molecular formula is C26H32N2O2. The van der Waals surface area contributed by atoms with Gasteiger partial charge in [-0.05, 0) is 71.9 Å². The first-order chi connectivity index (χ1) is 14.4. The van der Waals surface area contributed by atoms with Gasteiger partial charge in [0.1, 0.15) is 5.75 Å². The van der Waals surface area contributed by atoms with Gasteiger partial charge in [-0.1, -0.05) is 50.2 Å². The van der Waals surface area contributed by atoms with Gasteiger partial charge >= 0.3 is 0 Å². The number of rotatable bonds is 4. The maximum absolute atomic E-state index is 12.9. The fraction of sp³-hybridized carbons (Fsp3) is 0.500. The molecule has 3 aliphatic rings. The van der Waals surface area contributed by atoms with Gasteiger partial charge in [0, 0.05) is 19.6 Å². The number of hydrogen-bond donors (Lipinski definition) is 2. The number of likely N-dealkylation sites (tertiary alicyclic amines) is 1. The Morgan fingerprint density at radius 3 is 2.73 bits per heavy atom. The number of phenolic OH excluding ortho intramolecular Hbond substituents is 1. The highest BCUT2D eigenvalue weighted by atomic mass is 16.3. The van der Waals surface area contributed by atoms with E-state index in [1.807, 2.05) is 30.3 Å². The van der Waals surface area contributed by atoms with Crippen LogP contribution in [-0.4, -0.2) is 42.1 Å². The third kappa shape index (κ3) is 2.73. The maximum Gasteiger partial charge on any atom is 0.230 e. The zero-order chi connectivity index (χ0) is 21.1. The van der Waals surface area contributed by atoms with Gasteiger partial charge < -0.3 is 10.4 Å². The third-order valence-electron chi connectivity index (χ3n) is 8.59. The van der Waals surface area contributed by atoms with E-state index < -0.39 is 0 Å². The van der Waals surface area contributed by atoms with Crippen molar-refractivity contribution in [2.45, 2.75) is 50.0 Å². The number of aromatic hydroxyl groups is 1. The second-order valence-corrected chi connectivity index (χ2v) is 9.88. The van der Waals surface area contributed by atoms with Crippen LogP contribution in [0.15, 0.2) is 48.5 Å². The lowest BCUT2D eigenvalue weighted by Gasteiger charge is -2.55. The first-order valence-corrected chi connectivity index (χ1v) is 11.2. The zero-order valence-corrected chi connectivity index (χ0v) is 18.2. The molecule has 1 saturated carbocycles. The lowest BCUT2D eigenvalue weighted by Crippen LogP contribution is -2.58. The van der Waals surface area contributed by atoms with E-state index in [9.17, 15) is 9.90 Å². The Bertz CT molecular complexity index is 974. The molecule has 2 aliphatic carbocycles. The topological polar surface area (TPSA) is 52.6 Å².